The summed E-state index contributed by atoms with van der Waals surface area (Å²) < 4.78 is 16.1. The zero-order chi connectivity index (χ0) is 20.4. The van der Waals surface area contributed by atoms with Crippen LogP contribution in [0.2, 0.25) is 0 Å². The van der Waals surface area contributed by atoms with Gasteiger partial charge in [-0.25, -0.2) is 4.79 Å². The van der Waals surface area contributed by atoms with E-state index in [1.54, 1.807) is 18.2 Å². The Labute approximate surface area is 172 Å². The predicted molar refractivity (Wildman–Crippen MR) is 106 cm³/mol. The molecule has 0 fully saturated rings. The first-order chi connectivity index (χ1) is 14.0. The molecule has 150 valence electrons. The fraction of sp³-hybridized carbons (Fsp3) is 0.381. The van der Waals surface area contributed by atoms with Gasteiger partial charge in [0.05, 0.1) is 5.56 Å². The third-order valence-corrected chi connectivity index (χ3v) is 6.16. The van der Waals surface area contributed by atoms with Crippen molar-refractivity contribution in [1.29, 1.82) is 5.26 Å². The zero-order valence-electron chi connectivity index (χ0n) is 15.9. The van der Waals surface area contributed by atoms with Crippen molar-refractivity contribution in [2.24, 2.45) is 5.92 Å². The molecule has 4 rings (SSSR count). The number of amides is 1. The molecule has 1 aliphatic heterocycles. The molecule has 0 unspecified atom stereocenters. The summed E-state index contributed by atoms with van der Waals surface area (Å²) in [4.78, 5) is 25.7. The Balaban J connectivity index is 1.34. The summed E-state index contributed by atoms with van der Waals surface area (Å²) in [6.07, 6.45) is 1.87. The summed E-state index contributed by atoms with van der Waals surface area (Å²) in [5, 5.41) is 12.7. The van der Waals surface area contributed by atoms with E-state index in [1.807, 2.05) is 6.07 Å². The van der Waals surface area contributed by atoms with E-state index in [1.165, 1.54) is 11.3 Å². The number of nitrogens with one attached hydrogen (secondary N) is 1. The van der Waals surface area contributed by atoms with E-state index in [0.29, 0.717) is 28.0 Å². The molecule has 1 amide bonds. The first-order valence-corrected chi connectivity index (χ1v) is 10.3. The molecular formula is C21H20N2O5S. The number of carbonyl (C=O) groups is 2. The van der Waals surface area contributed by atoms with Gasteiger partial charge in [0.15, 0.2) is 18.1 Å². The van der Waals surface area contributed by atoms with Crippen molar-refractivity contribution >= 4 is 28.2 Å². The molecule has 29 heavy (non-hydrogen) atoms. The van der Waals surface area contributed by atoms with Crippen LogP contribution < -0.4 is 14.8 Å². The fourth-order valence-electron chi connectivity index (χ4n) is 3.49. The number of hydrogen-bond acceptors (Lipinski definition) is 7. The van der Waals surface area contributed by atoms with Gasteiger partial charge in [-0.1, -0.05) is 19.1 Å². The molecule has 2 atom stereocenters. The molecule has 0 radical (unpaired) electrons. The monoisotopic (exact) mass is 412 g/mol. The average molecular weight is 412 g/mol. The van der Waals surface area contributed by atoms with E-state index in [2.05, 4.69) is 18.3 Å². The number of ether oxygens (including phenoxy) is 3. The second-order valence-corrected chi connectivity index (χ2v) is 8.29. The van der Waals surface area contributed by atoms with Crippen LogP contribution in [0.3, 0.4) is 0 Å². The Hall–Kier alpha value is -3.05. The molecule has 8 heteroatoms. The van der Waals surface area contributed by atoms with Gasteiger partial charge in [-0.05, 0) is 42.9 Å². The number of benzene rings is 1. The Morgan fingerprint density at radius 3 is 2.93 bits per heavy atom. The largest absolute Gasteiger partial charge is 0.485 e. The molecule has 0 saturated heterocycles. The number of rotatable bonds is 4. The van der Waals surface area contributed by atoms with E-state index in [9.17, 15) is 14.9 Å². The van der Waals surface area contributed by atoms with Gasteiger partial charge in [0.25, 0.3) is 5.91 Å². The van der Waals surface area contributed by atoms with Crippen LogP contribution in [0.15, 0.2) is 24.3 Å². The zero-order valence-corrected chi connectivity index (χ0v) is 16.7. The number of nitriles is 1. The van der Waals surface area contributed by atoms with E-state index in [-0.39, 0.29) is 6.61 Å². The quantitative estimate of drug-likeness (QED) is 0.775. The van der Waals surface area contributed by atoms with Crippen LogP contribution in [0.4, 0.5) is 5.00 Å². The number of para-hydroxylation sites is 2. The van der Waals surface area contributed by atoms with Crippen LogP contribution >= 0.6 is 11.3 Å². The highest BCUT2D eigenvalue weighted by atomic mass is 32.1. The Morgan fingerprint density at radius 2 is 2.14 bits per heavy atom. The lowest BCUT2D eigenvalue weighted by Crippen LogP contribution is -2.39. The molecular weight excluding hydrogens is 392 g/mol. The minimum absolute atomic E-state index is 0.0197. The number of fused-ring (bicyclic) bond motifs is 2. The molecule has 0 bridgehead atoms. The molecule has 7 nitrogen and oxygen atoms in total. The van der Waals surface area contributed by atoms with Crippen LogP contribution in [0.25, 0.3) is 0 Å². The molecule has 0 saturated carbocycles. The van der Waals surface area contributed by atoms with Gasteiger partial charge in [-0.2, -0.15) is 5.26 Å². The number of nitrogens with zero attached hydrogens (tertiary/aromatic N) is 1. The lowest BCUT2D eigenvalue weighted by Gasteiger charge is -2.24. The first kappa shape index (κ1) is 19.3. The third kappa shape index (κ3) is 4.05. The van der Waals surface area contributed by atoms with Crippen molar-refractivity contribution in [2.45, 2.75) is 32.3 Å². The van der Waals surface area contributed by atoms with Crippen LogP contribution in [-0.4, -0.2) is 31.2 Å². The van der Waals surface area contributed by atoms with Crippen LogP contribution in [0, 0.1) is 17.2 Å². The number of esters is 1. The van der Waals surface area contributed by atoms with Gasteiger partial charge in [-0.15, -0.1) is 11.3 Å². The van der Waals surface area contributed by atoms with Gasteiger partial charge in [0.1, 0.15) is 17.7 Å². The molecule has 1 aromatic heterocycles. The van der Waals surface area contributed by atoms with Crippen molar-refractivity contribution in [3.8, 4) is 17.6 Å². The van der Waals surface area contributed by atoms with Crippen LogP contribution in [0.1, 0.15) is 29.3 Å². The molecule has 2 aromatic rings. The normalized spacial score (nSPS) is 19.6. The SMILES string of the molecule is C[C@H]1CCc2c(sc(NC(=O)COC(=O)[C@@H]3COc4ccccc4O3)c2C#N)C1. The van der Waals surface area contributed by atoms with Crippen molar-refractivity contribution in [2.75, 3.05) is 18.5 Å². The molecule has 2 aliphatic rings. The molecule has 1 aliphatic carbocycles. The minimum atomic E-state index is -0.928. The summed E-state index contributed by atoms with van der Waals surface area (Å²) in [6, 6.07) is 9.23. The number of thiophene rings is 1. The Bertz CT molecular complexity index is 993. The second kappa shape index (κ2) is 8.13. The van der Waals surface area contributed by atoms with E-state index >= 15 is 0 Å². The summed E-state index contributed by atoms with van der Waals surface area (Å²) in [5.74, 6) is 0.435. The molecule has 1 aromatic carbocycles. The van der Waals surface area contributed by atoms with E-state index < -0.39 is 24.6 Å². The smallest absolute Gasteiger partial charge is 0.351 e. The first-order valence-electron chi connectivity index (χ1n) is 9.44. The maximum Gasteiger partial charge on any atom is 0.351 e. The maximum absolute atomic E-state index is 12.3. The topological polar surface area (TPSA) is 97.7 Å². The van der Waals surface area contributed by atoms with Crippen molar-refractivity contribution in [3.05, 3.63) is 40.3 Å². The number of hydrogen-bond donors (Lipinski definition) is 1. The molecule has 2 heterocycles. The van der Waals surface area contributed by atoms with Crippen LogP contribution in [0.5, 0.6) is 11.5 Å². The van der Waals surface area contributed by atoms with E-state index in [0.717, 1.165) is 29.7 Å². The van der Waals surface area contributed by atoms with Gasteiger partial charge in [0, 0.05) is 4.88 Å². The van der Waals surface area contributed by atoms with Crippen molar-refractivity contribution < 1.29 is 23.8 Å². The molecule has 0 spiro atoms. The second-order valence-electron chi connectivity index (χ2n) is 7.19. The number of carbonyl (C=O) groups excluding carboxylic acids is 2. The van der Waals surface area contributed by atoms with Crippen LogP contribution in [-0.2, 0) is 27.2 Å². The summed E-state index contributed by atoms with van der Waals surface area (Å²) in [5.41, 5.74) is 1.56. The van der Waals surface area contributed by atoms with Crippen molar-refractivity contribution in [1.82, 2.24) is 0 Å². The van der Waals surface area contributed by atoms with Gasteiger partial charge in [0.2, 0.25) is 6.10 Å². The minimum Gasteiger partial charge on any atom is -0.485 e. The predicted octanol–water partition coefficient (Wildman–Crippen LogP) is 3.07. The fourth-order valence-corrected chi connectivity index (χ4v) is 4.86. The van der Waals surface area contributed by atoms with Crippen molar-refractivity contribution in [3.63, 3.8) is 0 Å². The lowest BCUT2D eigenvalue weighted by atomic mass is 9.89. The highest BCUT2D eigenvalue weighted by molar-refractivity contribution is 7.16. The Morgan fingerprint density at radius 1 is 1.34 bits per heavy atom. The number of anilines is 1. The highest BCUT2D eigenvalue weighted by Crippen LogP contribution is 2.39. The third-order valence-electron chi connectivity index (χ3n) is 4.99. The van der Waals surface area contributed by atoms with Gasteiger partial charge < -0.3 is 19.5 Å². The molecule has 1 N–H and O–H groups in total. The average Bonchev–Trinajstić information content (AvgIpc) is 3.07. The maximum atomic E-state index is 12.3. The summed E-state index contributed by atoms with van der Waals surface area (Å²) >= 11 is 1.43. The standard InChI is InChI=1S/C21H20N2O5S/c1-12-6-7-13-14(9-22)20(29-18(13)8-12)23-19(24)11-27-21(25)17-10-26-15-4-2-3-5-16(15)28-17/h2-5,12,17H,6-8,10-11H2,1H3,(H,23,24)/t12-,17-/m0/s1. The highest BCUT2D eigenvalue weighted by Gasteiger charge is 2.29. The van der Waals surface area contributed by atoms with Gasteiger partial charge >= 0.3 is 5.97 Å². The Kier molecular flexibility index (Phi) is 5.41. The van der Waals surface area contributed by atoms with E-state index in [4.69, 9.17) is 14.2 Å². The lowest BCUT2D eigenvalue weighted by molar-refractivity contribution is -0.156. The summed E-state index contributed by atoms with van der Waals surface area (Å²) in [7, 11) is 0. The summed E-state index contributed by atoms with van der Waals surface area (Å²) in [6.45, 7) is 1.75. The van der Waals surface area contributed by atoms with Gasteiger partial charge in [-0.3, -0.25) is 4.79 Å².